The van der Waals surface area contributed by atoms with E-state index in [9.17, 15) is 9.59 Å². The van der Waals surface area contributed by atoms with Crippen molar-refractivity contribution in [1.29, 1.82) is 0 Å². The molecule has 1 N–H and O–H groups in total. The fourth-order valence-corrected chi connectivity index (χ4v) is 4.21. The van der Waals surface area contributed by atoms with Crippen molar-refractivity contribution in [3.63, 3.8) is 0 Å². The number of anilines is 2. The van der Waals surface area contributed by atoms with E-state index in [-0.39, 0.29) is 24.1 Å². The first kappa shape index (κ1) is 23.6. The molecule has 3 aromatic rings. The number of halogens is 1. The van der Waals surface area contributed by atoms with E-state index in [1.54, 1.807) is 17.0 Å². The summed E-state index contributed by atoms with van der Waals surface area (Å²) < 4.78 is 4.98. The lowest BCUT2D eigenvalue weighted by molar-refractivity contribution is -0.124. The largest absolute Gasteiger partial charge is 0.480 e. The van der Waals surface area contributed by atoms with Gasteiger partial charge in [-0.2, -0.15) is 0 Å². The van der Waals surface area contributed by atoms with Crippen molar-refractivity contribution < 1.29 is 14.3 Å². The minimum absolute atomic E-state index is 0.0867. The molecule has 1 aromatic heterocycles. The molecule has 174 valence electrons. The van der Waals surface area contributed by atoms with Crippen LogP contribution in [0.4, 0.5) is 11.5 Å². The molecule has 10 heteroatoms. The predicted octanol–water partition coefficient (Wildman–Crippen LogP) is 3.71. The Morgan fingerprint density at radius 1 is 1.09 bits per heavy atom. The smallest absolute Gasteiger partial charge is 0.256 e. The Kier molecular flexibility index (Phi) is 7.34. The van der Waals surface area contributed by atoms with Gasteiger partial charge in [0.1, 0.15) is 6.04 Å². The number of para-hydroxylation sites is 1. The van der Waals surface area contributed by atoms with Crippen LogP contribution >= 0.6 is 23.8 Å². The highest BCUT2D eigenvalue weighted by molar-refractivity contribution is 7.80. The summed E-state index contributed by atoms with van der Waals surface area (Å²) in [5.74, 6) is -0.0112. The van der Waals surface area contributed by atoms with Crippen LogP contribution in [0, 0.1) is 0 Å². The Morgan fingerprint density at radius 3 is 2.47 bits per heavy atom. The van der Waals surface area contributed by atoms with E-state index >= 15 is 0 Å². The van der Waals surface area contributed by atoms with Crippen LogP contribution in [0.1, 0.15) is 12.0 Å². The van der Waals surface area contributed by atoms with Gasteiger partial charge in [0.05, 0.1) is 19.2 Å². The van der Waals surface area contributed by atoms with E-state index < -0.39 is 6.04 Å². The molecule has 0 spiro atoms. The summed E-state index contributed by atoms with van der Waals surface area (Å²) in [6.45, 7) is 0.468. The number of nitrogens with one attached hydrogen (secondary N) is 1. The molecule has 0 bridgehead atoms. The van der Waals surface area contributed by atoms with Crippen LogP contribution in [0.3, 0.4) is 0 Å². The molecule has 1 unspecified atom stereocenters. The van der Waals surface area contributed by atoms with E-state index in [4.69, 9.17) is 28.6 Å². The standard InChI is InChI=1S/C24H22ClN5O3S/c1-33-22-12-11-20(27-28-22)26-21(31)15-19-23(32)30(18-5-3-2-4-6-18)24(34)29(19)14-13-16-7-9-17(25)10-8-16/h2-12,19H,13-15H2,1H3,(H,26,27,31). The quantitative estimate of drug-likeness (QED) is 0.476. The lowest BCUT2D eigenvalue weighted by Crippen LogP contribution is -2.39. The first-order chi connectivity index (χ1) is 16.5. The van der Waals surface area contributed by atoms with Gasteiger partial charge in [-0.05, 0) is 54.5 Å². The number of carbonyl (C=O) groups is 2. The van der Waals surface area contributed by atoms with Crippen LogP contribution in [-0.2, 0) is 16.0 Å². The number of benzene rings is 2. The molecule has 0 aliphatic carbocycles. The normalized spacial score (nSPS) is 15.5. The molecule has 1 atom stereocenters. The molecule has 4 rings (SSSR count). The minimum atomic E-state index is -0.744. The lowest BCUT2D eigenvalue weighted by atomic mass is 10.1. The lowest BCUT2D eigenvalue weighted by Gasteiger charge is -2.24. The molecule has 0 saturated carbocycles. The molecule has 2 heterocycles. The Bertz CT molecular complexity index is 1180. The van der Waals surface area contributed by atoms with Gasteiger partial charge < -0.3 is 15.0 Å². The fraction of sp³-hybridized carbons (Fsp3) is 0.208. The van der Waals surface area contributed by atoms with Crippen molar-refractivity contribution in [2.24, 2.45) is 0 Å². The number of thiocarbonyl (C=S) groups is 1. The van der Waals surface area contributed by atoms with Gasteiger partial charge >= 0.3 is 0 Å². The van der Waals surface area contributed by atoms with Crippen LogP contribution in [-0.4, -0.2) is 51.7 Å². The molecule has 8 nitrogen and oxygen atoms in total. The maximum absolute atomic E-state index is 13.4. The maximum atomic E-state index is 13.4. The minimum Gasteiger partial charge on any atom is -0.480 e. The zero-order valence-electron chi connectivity index (χ0n) is 18.3. The highest BCUT2D eigenvalue weighted by atomic mass is 35.5. The molecular weight excluding hydrogens is 474 g/mol. The third-order valence-electron chi connectivity index (χ3n) is 5.38. The van der Waals surface area contributed by atoms with Crippen LogP contribution < -0.4 is 15.0 Å². The van der Waals surface area contributed by atoms with E-state index in [1.807, 2.05) is 54.6 Å². The molecule has 0 radical (unpaired) electrons. The Hall–Kier alpha value is -3.56. The number of methoxy groups -OCH3 is 1. The van der Waals surface area contributed by atoms with E-state index in [0.717, 1.165) is 5.56 Å². The summed E-state index contributed by atoms with van der Waals surface area (Å²) in [6, 6.07) is 19.1. The van der Waals surface area contributed by atoms with E-state index in [0.29, 0.717) is 34.7 Å². The second-order valence-corrected chi connectivity index (χ2v) is 8.39. The van der Waals surface area contributed by atoms with Crippen molar-refractivity contribution in [1.82, 2.24) is 15.1 Å². The third-order valence-corrected chi connectivity index (χ3v) is 6.05. The SMILES string of the molecule is COc1ccc(NC(=O)CC2C(=O)N(c3ccccc3)C(=S)N2CCc2ccc(Cl)cc2)nn1. The highest BCUT2D eigenvalue weighted by Gasteiger charge is 2.43. The summed E-state index contributed by atoms with van der Waals surface area (Å²) in [5.41, 5.74) is 1.72. The molecule has 2 aromatic carbocycles. The van der Waals surface area contributed by atoms with Crippen LogP contribution in [0.2, 0.25) is 5.02 Å². The summed E-state index contributed by atoms with van der Waals surface area (Å²) in [4.78, 5) is 29.5. The topological polar surface area (TPSA) is 87.7 Å². The van der Waals surface area contributed by atoms with Gasteiger partial charge in [0.2, 0.25) is 11.8 Å². The van der Waals surface area contributed by atoms with Crippen LogP contribution in [0.25, 0.3) is 0 Å². The van der Waals surface area contributed by atoms with E-state index in [1.165, 1.54) is 12.0 Å². The molecule has 34 heavy (non-hydrogen) atoms. The average Bonchev–Trinajstić information content (AvgIpc) is 3.08. The second kappa shape index (κ2) is 10.6. The van der Waals surface area contributed by atoms with Gasteiger partial charge in [0, 0.05) is 17.6 Å². The predicted molar refractivity (Wildman–Crippen MR) is 134 cm³/mol. The van der Waals surface area contributed by atoms with Gasteiger partial charge in [-0.1, -0.05) is 41.9 Å². The van der Waals surface area contributed by atoms with Crippen molar-refractivity contribution >= 4 is 52.3 Å². The van der Waals surface area contributed by atoms with Gasteiger partial charge in [-0.15, -0.1) is 10.2 Å². The number of rotatable bonds is 8. The second-order valence-electron chi connectivity index (χ2n) is 7.59. The average molecular weight is 496 g/mol. The van der Waals surface area contributed by atoms with Crippen molar-refractivity contribution in [3.05, 3.63) is 77.3 Å². The number of ether oxygens (including phenoxy) is 1. The zero-order valence-corrected chi connectivity index (χ0v) is 19.9. The summed E-state index contributed by atoms with van der Waals surface area (Å²) >= 11 is 11.7. The third kappa shape index (κ3) is 5.32. The van der Waals surface area contributed by atoms with Crippen molar-refractivity contribution in [2.75, 3.05) is 23.9 Å². The van der Waals surface area contributed by atoms with Crippen LogP contribution in [0.5, 0.6) is 5.88 Å². The summed E-state index contributed by atoms with van der Waals surface area (Å²) in [6.07, 6.45) is 0.548. The van der Waals surface area contributed by atoms with Crippen LogP contribution in [0.15, 0.2) is 66.7 Å². The van der Waals surface area contributed by atoms with Crippen molar-refractivity contribution in [2.45, 2.75) is 18.9 Å². The number of carbonyl (C=O) groups excluding carboxylic acids is 2. The molecule has 1 saturated heterocycles. The van der Waals surface area contributed by atoms with Gasteiger partial charge in [0.15, 0.2) is 10.9 Å². The Balaban J connectivity index is 1.52. The van der Waals surface area contributed by atoms with Crippen molar-refractivity contribution in [3.8, 4) is 5.88 Å². The summed E-state index contributed by atoms with van der Waals surface area (Å²) in [7, 11) is 1.48. The van der Waals surface area contributed by atoms with Gasteiger partial charge in [-0.25, -0.2) is 0 Å². The first-order valence-corrected chi connectivity index (χ1v) is 11.4. The van der Waals surface area contributed by atoms with E-state index in [2.05, 4.69) is 15.5 Å². The zero-order chi connectivity index (χ0) is 24.1. The molecule has 1 fully saturated rings. The number of nitrogens with zero attached hydrogens (tertiary/aromatic N) is 4. The number of amides is 2. The molecule has 2 amide bonds. The molecule has 1 aliphatic heterocycles. The number of aromatic nitrogens is 2. The monoisotopic (exact) mass is 495 g/mol. The van der Waals surface area contributed by atoms with Gasteiger partial charge in [-0.3, -0.25) is 14.5 Å². The number of hydrogen-bond acceptors (Lipinski definition) is 6. The molecular formula is C24H22ClN5O3S. The molecule has 1 aliphatic rings. The number of hydrogen-bond donors (Lipinski definition) is 1. The van der Waals surface area contributed by atoms with Gasteiger partial charge in [0.25, 0.3) is 5.91 Å². The highest BCUT2D eigenvalue weighted by Crippen LogP contribution is 2.27. The Labute approximate surface area is 207 Å². The first-order valence-electron chi connectivity index (χ1n) is 10.6. The summed E-state index contributed by atoms with van der Waals surface area (Å²) in [5, 5.41) is 11.5. The fourth-order valence-electron chi connectivity index (χ4n) is 3.67. The maximum Gasteiger partial charge on any atom is 0.256 e. The Morgan fingerprint density at radius 2 is 1.82 bits per heavy atom.